The maximum Gasteiger partial charge on any atom is 0.0647 e. The van der Waals surface area contributed by atoms with E-state index in [1.807, 2.05) is 19.4 Å². The Bertz CT molecular complexity index is 34.8. The highest BCUT2D eigenvalue weighted by molar-refractivity contribution is 4.36. The average Bonchev–Trinajstić information content (AvgIpc) is 1.39. The molecule has 0 rings (SSSR count). The number of nitrogens with zero attached hydrogens (tertiary/aromatic N) is 3. The van der Waals surface area contributed by atoms with Gasteiger partial charge in [-0.15, -0.1) is 0 Å². The van der Waals surface area contributed by atoms with Gasteiger partial charge in [0.25, 0.3) is 0 Å². The van der Waals surface area contributed by atoms with Gasteiger partial charge in [0.15, 0.2) is 0 Å². The molecule has 0 aromatic heterocycles. The fourth-order valence-electron chi connectivity index (χ4n) is 0. The highest BCUT2D eigenvalue weighted by atomic mass is 15.0. The summed E-state index contributed by atoms with van der Waals surface area (Å²) >= 11 is 0. The first-order valence-electron chi connectivity index (χ1n) is 1.55. The molecule has 0 saturated carbocycles. The zero-order valence-corrected chi connectivity index (χ0v) is 3.92. The van der Waals surface area contributed by atoms with Crippen LogP contribution in [0.25, 0.3) is 16.0 Å². The van der Waals surface area contributed by atoms with Crippen molar-refractivity contribution in [2.75, 3.05) is 14.1 Å². The Morgan fingerprint density at radius 3 is 1.33 bits per heavy atom. The van der Waals surface area contributed by atoms with Crippen LogP contribution in [0.2, 0.25) is 0 Å². The third kappa shape index (κ3) is 31.6. The minimum atomic E-state index is 1.50. The average molecular weight is 88.1 g/mol. The van der Waals surface area contributed by atoms with E-state index < -0.39 is 0 Å². The second-order valence-electron chi connectivity index (χ2n) is 0.667. The van der Waals surface area contributed by atoms with Crippen LogP contribution < -0.4 is 5.32 Å². The van der Waals surface area contributed by atoms with Gasteiger partial charge in [-0.1, -0.05) is 0 Å². The van der Waals surface area contributed by atoms with Crippen molar-refractivity contribution < 1.29 is 5.32 Å². The van der Waals surface area contributed by atoms with Gasteiger partial charge in [0.1, 0.15) is 0 Å². The molecule has 0 unspecified atom stereocenters. The van der Waals surface area contributed by atoms with Gasteiger partial charge in [-0.3, -0.25) is 4.91 Å². The molecule has 2 N–H and O–H groups in total. The molecular formula is C2H8N4. The van der Waals surface area contributed by atoms with Gasteiger partial charge in [-0.2, -0.15) is 0 Å². The third-order valence-electron chi connectivity index (χ3n) is 0. The van der Waals surface area contributed by atoms with Crippen LogP contribution in [0.1, 0.15) is 0 Å². The number of nitrogens with two attached hydrogens (primary N) is 1. The Hall–Kier alpha value is -0.730. The number of hydrogen-bond acceptors (Lipinski definition) is 0. The third-order valence-corrected chi connectivity index (χ3v) is 0. The largest absolute Gasteiger partial charge is 0.373 e. The molecule has 6 heavy (non-hydrogen) atoms. The molecule has 0 bridgehead atoms. The lowest BCUT2D eigenvalue weighted by Crippen LogP contribution is -2.74. The van der Waals surface area contributed by atoms with E-state index in [1.54, 1.807) is 0 Å². The highest BCUT2D eigenvalue weighted by Gasteiger charge is 1.29. The van der Waals surface area contributed by atoms with Crippen LogP contribution in [-0.2, 0) is 0 Å². The van der Waals surface area contributed by atoms with Crippen LogP contribution in [-0.4, -0.2) is 14.1 Å². The van der Waals surface area contributed by atoms with Crippen LogP contribution in [0.15, 0.2) is 0 Å². The lowest BCUT2D eigenvalue weighted by atomic mass is 11.3. The molecule has 0 aromatic carbocycles. The maximum atomic E-state index is 6.75. The number of hydrogen-bond donors (Lipinski definition) is 1. The number of rotatable bonds is 0. The first kappa shape index (κ1) is 8.99. The molecule has 0 aromatic rings. The van der Waals surface area contributed by atoms with E-state index in [-0.39, 0.29) is 0 Å². The highest BCUT2D eigenvalue weighted by Crippen LogP contribution is 1.29. The molecule has 4 heteroatoms. The molecule has 0 aliphatic carbocycles. The Morgan fingerprint density at radius 2 is 1.33 bits per heavy atom. The molecule has 0 aliphatic rings. The van der Waals surface area contributed by atoms with Crippen LogP contribution in [0.5, 0.6) is 0 Å². The van der Waals surface area contributed by atoms with Crippen molar-refractivity contribution in [3.05, 3.63) is 16.0 Å². The standard InChI is InChI=1S/C2H7N.N3/c2*1-3-2/h3H,1-2H3;/q;-1/p+1. The summed E-state index contributed by atoms with van der Waals surface area (Å²) in [4.78, 5) is 1.50. The van der Waals surface area contributed by atoms with Crippen molar-refractivity contribution in [3.8, 4) is 0 Å². The molecule has 0 fully saturated rings. The predicted octanol–water partition coefficient (Wildman–Crippen LogP) is -0.325. The zero-order chi connectivity index (χ0) is 5.41. The van der Waals surface area contributed by atoms with E-state index in [9.17, 15) is 0 Å². The van der Waals surface area contributed by atoms with E-state index in [2.05, 4.69) is 0 Å². The Morgan fingerprint density at radius 1 is 1.33 bits per heavy atom. The Balaban J connectivity index is 0. The molecule has 0 radical (unpaired) electrons. The van der Waals surface area contributed by atoms with E-state index in [4.69, 9.17) is 11.1 Å². The lowest BCUT2D eigenvalue weighted by Gasteiger charge is -1.57. The summed E-state index contributed by atoms with van der Waals surface area (Å²) < 4.78 is 0. The summed E-state index contributed by atoms with van der Waals surface area (Å²) in [6.45, 7) is 0. The Labute approximate surface area is 36.6 Å². The summed E-state index contributed by atoms with van der Waals surface area (Å²) in [6.07, 6.45) is 0. The van der Waals surface area contributed by atoms with Gasteiger partial charge < -0.3 is 16.4 Å². The molecule has 36 valence electrons. The van der Waals surface area contributed by atoms with Crippen molar-refractivity contribution in [3.63, 3.8) is 0 Å². The van der Waals surface area contributed by atoms with Crippen LogP contribution >= 0.6 is 0 Å². The second-order valence-corrected chi connectivity index (χ2v) is 0.667. The van der Waals surface area contributed by atoms with Crippen LogP contribution in [0.3, 0.4) is 0 Å². The van der Waals surface area contributed by atoms with E-state index in [0.29, 0.717) is 0 Å². The monoisotopic (exact) mass is 88.1 g/mol. The minimum absolute atomic E-state index is 1.50. The van der Waals surface area contributed by atoms with Crippen LogP contribution in [0, 0.1) is 0 Å². The van der Waals surface area contributed by atoms with Crippen LogP contribution in [0.4, 0.5) is 0 Å². The van der Waals surface area contributed by atoms with Gasteiger partial charge in [0.2, 0.25) is 0 Å². The van der Waals surface area contributed by atoms with E-state index in [1.165, 1.54) is 4.91 Å². The minimum Gasteiger partial charge on any atom is -0.373 e. The SMILES string of the molecule is C[NH2+]C.[N-]=[N+]=[N-]. The summed E-state index contributed by atoms with van der Waals surface area (Å²) in [5.41, 5.74) is 13.5. The molecule has 0 atom stereocenters. The van der Waals surface area contributed by atoms with Crippen molar-refractivity contribution in [2.45, 2.75) is 0 Å². The quantitative estimate of drug-likeness (QED) is 0.239. The van der Waals surface area contributed by atoms with Gasteiger partial charge in [-0.25, -0.2) is 0 Å². The van der Waals surface area contributed by atoms with Crippen molar-refractivity contribution in [1.82, 2.24) is 0 Å². The predicted molar refractivity (Wildman–Crippen MR) is 23.9 cm³/mol. The van der Waals surface area contributed by atoms with Crippen molar-refractivity contribution in [2.24, 2.45) is 0 Å². The molecule has 0 saturated heterocycles. The van der Waals surface area contributed by atoms with Gasteiger partial charge in [0, 0.05) is 0 Å². The van der Waals surface area contributed by atoms with E-state index in [0.717, 1.165) is 0 Å². The first-order chi connectivity index (χ1) is 2.83. The lowest BCUT2D eigenvalue weighted by molar-refractivity contribution is -0.597. The molecule has 0 aliphatic heterocycles. The topological polar surface area (TPSA) is 75.3 Å². The van der Waals surface area contributed by atoms with Gasteiger partial charge in [0.05, 0.1) is 14.1 Å². The molecular weight excluding hydrogens is 80.0 g/mol. The Kier molecular flexibility index (Phi) is 42.4. The summed E-state index contributed by atoms with van der Waals surface area (Å²) in [6, 6.07) is 0. The molecule has 0 spiro atoms. The van der Waals surface area contributed by atoms with E-state index >= 15 is 0 Å². The summed E-state index contributed by atoms with van der Waals surface area (Å²) in [7, 11) is 4.00. The maximum absolute atomic E-state index is 6.75. The van der Waals surface area contributed by atoms with Gasteiger partial charge >= 0.3 is 0 Å². The fourth-order valence-corrected chi connectivity index (χ4v) is 0. The normalized spacial score (nSPS) is 4.33. The summed E-state index contributed by atoms with van der Waals surface area (Å²) in [5, 5.41) is 2.00. The van der Waals surface area contributed by atoms with Crippen molar-refractivity contribution >= 4 is 0 Å². The van der Waals surface area contributed by atoms with Crippen molar-refractivity contribution in [1.29, 1.82) is 0 Å². The second kappa shape index (κ2) is 28.3. The molecule has 0 heterocycles. The first-order valence-corrected chi connectivity index (χ1v) is 1.55. The molecule has 4 nitrogen and oxygen atoms in total. The van der Waals surface area contributed by atoms with Gasteiger partial charge in [-0.05, 0) is 0 Å². The smallest absolute Gasteiger partial charge is 0.0647 e. The molecule has 0 amide bonds. The fraction of sp³-hybridized carbons (Fsp3) is 1.00. The zero-order valence-electron chi connectivity index (χ0n) is 3.92. The number of quaternary nitrogens is 1. The summed E-state index contributed by atoms with van der Waals surface area (Å²) in [5.74, 6) is 0.